The summed E-state index contributed by atoms with van der Waals surface area (Å²) in [4.78, 5) is 30.2. The Morgan fingerprint density at radius 3 is 2.40 bits per heavy atom. The van der Waals surface area contributed by atoms with Crippen molar-refractivity contribution < 1.29 is 9.59 Å². The first-order valence-corrected chi connectivity index (χ1v) is 11.1. The van der Waals surface area contributed by atoms with E-state index in [1.165, 1.54) is 11.3 Å². The summed E-state index contributed by atoms with van der Waals surface area (Å²) in [5, 5.41) is 11.0. The fourth-order valence-corrected chi connectivity index (χ4v) is 4.59. The van der Waals surface area contributed by atoms with Crippen LogP contribution in [0.1, 0.15) is 72.9 Å². The summed E-state index contributed by atoms with van der Waals surface area (Å²) in [6.07, 6.45) is 4.31. The minimum absolute atomic E-state index is 0.171. The van der Waals surface area contributed by atoms with Gasteiger partial charge in [-0.15, -0.1) is 0 Å². The molecule has 3 aromatic rings. The molecule has 0 bridgehead atoms. The second-order valence-corrected chi connectivity index (χ2v) is 9.88. The molecule has 2 aromatic heterocycles. The molecule has 30 heavy (non-hydrogen) atoms. The second-order valence-electron chi connectivity index (χ2n) is 8.88. The minimum atomic E-state index is -0.351. The molecule has 0 spiro atoms. The average Bonchev–Trinajstić information content (AvgIpc) is 3.38. The van der Waals surface area contributed by atoms with Crippen molar-refractivity contribution in [3.05, 3.63) is 41.1 Å². The Balaban J connectivity index is 1.65. The van der Waals surface area contributed by atoms with Gasteiger partial charge < -0.3 is 5.32 Å². The van der Waals surface area contributed by atoms with Crippen LogP contribution in [0.4, 0.5) is 5.13 Å². The number of thiazole rings is 1. The van der Waals surface area contributed by atoms with E-state index in [9.17, 15) is 9.59 Å². The molecule has 0 aliphatic heterocycles. The SMILES string of the molecule is Cc1ccc(C(=O)Nc2nc3c(s2)c(C(=O)NC2CCCC2)nn3C(C)(C)C)cc1. The van der Waals surface area contributed by atoms with Crippen molar-refractivity contribution >= 4 is 38.6 Å². The van der Waals surface area contributed by atoms with E-state index in [1.807, 2.05) is 39.8 Å². The van der Waals surface area contributed by atoms with Crippen LogP contribution in [0.15, 0.2) is 24.3 Å². The monoisotopic (exact) mass is 425 g/mol. The van der Waals surface area contributed by atoms with Crippen molar-refractivity contribution in [2.75, 3.05) is 5.32 Å². The first kappa shape index (κ1) is 20.5. The Bertz CT molecular complexity index is 1090. The van der Waals surface area contributed by atoms with Gasteiger partial charge in [0.15, 0.2) is 16.5 Å². The van der Waals surface area contributed by atoms with Crippen molar-refractivity contribution in [3.8, 4) is 0 Å². The van der Waals surface area contributed by atoms with Crippen LogP contribution in [0, 0.1) is 6.92 Å². The van der Waals surface area contributed by atoms with Crippen LogP contribution in [0.5, 0.6) is 0 Å². The number of amides is 2. The molecule has 1 saturated carbocycles. The number of rotatable bonds is 4. The highest BCUT2D eigenvalue weighted by Gasteiger charge is 2.28. The zero-order valence-electron chi connectivity index (χ0n) is 17.8. The molecule has 2 amide bonds. The van der Waals surface area contributed by atoms with Crippen LogP contribution >= 0.6 is 11.3 Å². The molecule has 0 atom stereocenters. The first-order chi connectivity index (χ1) is 14.2. The zero-order valence-corrected chi connectivity index (χ0v) is 18.6. The summed E-state index contributed by atoms with van der Waals surface area (Å²) in [6, 6.07) is 7.58. The van der Waals surface area contributed by atoms with E-state index in [4.69, 9.17) is 0 Å². The predicted octanol–water partition coefficient (Wildman–Crippen LogP) is 4.48. The van der Waals surface area contributed by atoms with E-state index in [1.54, 1.807) is 16.8 Å². The summed E-state index contributed by atoms with van der Waals surface area (Å²) in [5.41, 5.74) is 2.30. The van der Waals surface area contributed by atoms with Crippen molar-refractivity contribution in [2.24, 2.45) is 0 Å². The van der Waals surface area contributed by atoms with Gasteiger partial charge in [-0.25, -0.2) is 4.68 Å². The smallest absolute Gasteiger partial charge is 0.273 e. The maximum absolute atomic E-state index is 12.9. The Morgan fingerprint density at radius 2 is 1.77 bits per heavy atom. The molecule has 158 valence electrons. The molecule has 0 unspecified atom stereocenters. The molecule has 2 N–H and O–H groups in total. The van der Waals surface area contributed by atoms with Crippen LogP contribution in [0.2, 0.25) is 0 Å². The van der Waals surface area contributed by atoms with Gasteiger partial charge in [-0.05, 0) is 52.7 Å². The van der Waals surface area contributed by atoms with Crippen molar-refractivity contribution in [2.45, 2.75) is 65.0 Å². The lowest BCUT2D eigenvalue weighted by molar-refractivity contribution is 0.0932. The summed E-state index contributed by atoms with van der Waals surface area (Å²) >= 11 is 1.29. The van der Waals surface area contributed by atoms with Gasteiger partial charge in [0.1, 0.15) is 4.70 Å². The minimum Gasteiger partial charge on any atom is -0.348 e. The molecule has 0 radical (unpaired) electrons. The van der Waals surface area contributed by atoms with Crippen LogP contribution in [0.25, 0.3) is 10.3 Å². The van der Waals surface area contributed by atoms with Gasteiger partial charge in [0.2, 0.25) is 0 Å². The standard InChI is InChI=1S/C22H27N5O2S/c1-13-9-11-14(12-10-13)19(28)25-21-24-18-17(30-21)16(26-27(18)22(2,3)4)20(29)23-15-7-5-6-8-15/h9-12,15H,5-8H2,1-4H3,(H,23,29)(H,24,25,28). The number of fused-ring (bicyclic) bond motifs is 1. The Kier molecular flexibility index (Phi) is 5.36. The highest BCUT2D eigenvalue weighted by atomic mass is 32.1. The lowest BCUT2D eigenvalue weighted by Crippen LogP contribution is -2.33. The molecular weight excluding hydrogens is 398 g/mol. The summed E-state index contributed by atoms with van der Waals surface area (Å²) in [7, 11) is 0. The third-order valence-corrected chi connectivity index (χ3v) is 6.27. The average molecular weight is 426 g/mol. The molecule has 7 nitrogen and oxygen atoms in total. The third kappa shape index (κ3) is 4.09. The molecule has 2 heterocycles. The van der Waals surface area contributed by atoms with Crippen LogP contribution in [-0.4, -0.2) is 32.6 Å². The second kappa shape index (κ2) is 7.83. The molecular formula is C22H27N5O2S. The van der Waals surface area contributed by atoms with E-state index in [0.717, 1.165) is 31.2 Å². The quantitative estimate of drug-likeness (QED) is 0.645. The molecule has 1 aliphatic carbocycles. The van der Waals surface area contributed by atoms with Crippen molar-refractivity contribution in [1.82, 2.24) is 20.1 Å². The number of carbonyl (C=O) groups excluding carboxylic acids is 2. The molecule has 4 rings (SSSR count). The molecule has 1 aromatic carbocycles. The number of benzene rings is 1. The van der Waals surface area contributed by atoms with Gasteiger partial charge in [-0.3, -0.25) is 14.9 Å². The number of aromatic nitrogens is 3. The fourth-order valence-electron chi connectivity index (χ4n) is 3.67. The summed E-state index contributed by atoms with van der Waals surface area (Å²) in [5.74, 6) is -0.395. The Hall–Kier alpha value is -2.74. The van der Waals surface area contributed by atoms with Crippen LogP contribution in [0.3, 0.4) is 0 Å². The van der Waals surface area contributed by atoms with Gasteiger partial charge in [-0.2, -0.15) is 10.1 Å². The van der Waals surface area contributed by atoms with Crippen LogP contribution < -0.4 is 10.6 Å². The highest BCUT2D eigenvalue weighted by molar-refractivity contribution is 7.22. The van der Waals surface area contributed by atoms with Crippen molar-refractivity contribution in [1.29, 1.82) is 0 Å². The summed E-state index contributed by atoms with van der Waals surface area (Å²) < 4.78 is 2.46. The first-order valence-electron chi connectivity index (χ1n) is 10.3. The number of aryl methyl sites for hydroxylation is 1. The molecule has 8 heteroatoms. The predicted molar refractivity (Wildman–Crippen MR) is 119 cm³/mol. The molecule has 1 fully saturated rings. The number of hydrogen-bond acceptors (Lipinski definition) is 5. The maximum Gasteiger partial charge on any atom is 0.273 e. The van der Waals surface area contributed by atoms with Crippen molar-refractivity contribution in [3.63, 3.8) is 0 Å². The fraction of sp³-hybridized carbons (Fsp3) is 0.455. The van der Waals surface area contributed by atoms with Gasteiger partial charge in [0.25, 0.3) is 11.8 Å². The van der Waals surface area contributed by atoms with Gasteiger partial charge >= 0.3 is 0 Å². The highest BCUT2D eigenvalue weighted by Crippen LogP contribution is 2.32. The van der Waals surface area contributed by atoms with E-state index < -0.39 is 0 Å². The summed E-state index contributed by atoms with van der Waals surface area (Å²) in [6.45, 7) is 8.03. The number of hydrogen-bond donors (Lipinski definition) is 2. The number of nitrogens with one attached hydrogen (secondary N) is 2. The van der Waals surface area contributed by atoms with Gasteiger partial charge in [0.05, 0.1) is 5.54 Å². The van der Waals surface area contributed by atoms with Crippen LogP contribution in [-0.2, 0) is 5.54 Å². The lowest BCUT2D eigenvalue weighted by atomic mass is 10.1. The van der Waals surface area contributed by atoms with E-state index in [2.05, 4.69) is 20.7 Å². The van der Waals surface area contributed by atoms with Gasteiger partial charge in [-0.1, -0.05) is 41.9 Å². The van der Waals surface area contributed by atoms with E-state index >= 15 is 0 Å². The lowest BCUT2D eigenvalue weighted by Gasteiger charge is -2.19. The maximum atomic E-state index is 12.9. The Labute approximate surface area is 179 Å². The molecule has 0 saturated heterocycles. The van der Waals surface area contributed by atoms with Gasteiger partial charge in [0, 0.05) is 11.6 Å². The topological polar surface area (TPSA) is 88.9 Å². The Morgan fingerprint density at radius 1 is 1.10 bits per heavy atom. The number of anilines is 1. The normalized spacial score (nSPS) is 14.9. The number of nitrogens with zero attached hydrogens (tertiary/aromatic N) is 3. The third-order valence-electron chi connectivity index (χ3n) is 5.30. The zero-order chi connectivity index (χ0) is 21.5. The van der Waals surface area contributed by atoms with E-state index in [0.29, 0.717) is 26.7 Å². The molecule has 1 aliphatic rings. The van der Waals surface area contributed by atoms with E-state index in [-0.39, 0.29) is 23.4 Å². The number of carbonyl (C=O) groups is 2. The largest absolute Gasteiger partial charge is 0.348 e.